The number of benzene rings is 1. The number of anilines is 1. The van der Waals surface area contributed by atoms with Crippen LogP contribution in [0, 0.1) is 5.92 Å². The fraction of sp³-hybridized carbons (Fsp3) is 0.333. The molecule has 3 rings (SSSR count). The van der Waals surface area contributed by atoms with Gasteiger partial charge in [-0.05, 0) is 11.5 Å². The summed E-state index contributed by atoms with van der Waals surface area (Å²) in [6, 6.07) is 10.2. The van der Waals surface area contributed by atoms with Gasteiger partial charge in [-0.15, -0.1) is 21.5 Å². The van der Waals surface area contributed by atoms with E-state index in [2.05, 4.69) is 51.0 Å². The first kappa shape index (κ1) is 18.6. The normalized spacial score (nSPS) is 11.0. The van der Waals surface area contributed by atoms with Gasteiger partial charge in [0.2, 0.25) is 5.91 Å². The van der Waals surface area contributed by atoms with Gasteiger partial charge in [-0.25, -0.2) is 4.98 Å². The van der Waals surface area contributed by atoms with E-state index in [-0.39, 0.29) is 11.7 Å². The zero-order valence-electron chi connectivity index (χ0n) is 14.8. The molecule has 2 heterocycles. The Balaban J connectivity index is 1.68. The van der Waals surface area contributed by atoms with Gasteiger partial charge >= 0.3 is 0 Å². The number of aromatic nitrogens is 4. The molecule has 0 aliphatic rings. The van der Waals surface area contributed by atoms with Gasteiger partial charge in [0.25, 0.3) is 0 Å². The maximum atomic E-state index is 12.1. The quantitative estimate of drug-likeness (QED) is 0.597. The summed E-state index contributed by atoms with van der Waals surface area (Å²) in [5.41, 5.74) is 1.20. The lowest BCUT2D eigenvalue weighted by Gasteiger charge is -2.12. The molecule has 0 atom stereocenters. The van der Waals surface area contributed by atoms with Crippen LogP contribution in [0.2, 0.25) is 0 Å². The van der Waals surface area contributed by atoms with Crippen LogP contribution in [0.3, 0.4) is 0 Å². The number of thiazole rings is 1. The van der Waals surface area contributed by atoms with Gasteiger partial charge in [0.05, 0.1) is 5.75 Å². The van der Waals surface area contributed by atoms with Crippen LogP contribution in [-0.4, -0.2) is 31.4 Å². The van der Waals surface area contributed by atoms with E-state index in [0.29, 0.717) is 11.0 Å². The first-order valence-electron chi connectivity index (χ1n) is 8.40. The van der Waals surface area contributed by atoms with Crippen molar-refractivity contribution in [3.63, 3.8) is 0 Å². The van der Waals surface area contributed by atoms with Crippen molar-refractivity contribution in [3.8, 4) is 0 Å². The molecule has 8 heteroatoms. The lowest BCUT2D eigenvalue weighted by molar-refractivity contribution is -0.113. The zero-order valence-corrected chi connectivity index (χ0v) is 16.4. The summed E-state index contributed by atoms with van der Waals surface area (Å²) in [6.07, 6.45) is 2.40. The molecule has 26 heavy (non-hydrogen) atoms. The summed E-state index contributed by atoms with van der Waals surface area (Å²) in [6.45, 7) is 5.15. The summed E-state index contributed by atoms with van der Waals surface area (Å²) in [4.78, 5) is 16.2. The van der Waals surface area contributed by atoms with Crippen molar-refractivity contribution in [1.29, 1.82) is 0 Å². The number of amides is 1. The van der Waals surface area contributed by atoms with Gasteiger partial charge in [-0.3, -0.25) is 4.79 Å². The minimum Gasteiger partial charge on any atom is -0.305 e. The van der Waals surface area contributed by atoms with Crippen molar-refractivity contribution in [1.82, 2.24) is 19.7 Å². The van der Waals surface area contributed by atoms with Crippen LogP contribution in [0.15, 0.2) is 47.1 Å². The fourth-order valence-electron chi connectivity index (χ4n) is 2.45. The van der Waals surface area contributed by atoms with Gasteiger partial charge in [-0.2, -0.15) is 0 Å². The summed E-state index contributed by atoms with van der Waals surface area (Å²) in [5, 5.41) is 14.7. The second-order valence-corrected chi connectivity index (χ2v) is 8.08. The molecule has 2 aromatic heterocycles. The monoisotopic (exact) mass is 387 g/mol. The highest BCUT2D eigenvalue weighted by molar-refractivity contribution is 7.99. The van der Waals surface area contributed by atoms with Crippen LogP contribution in [0.5, 0.6) is 0 Å². The topological polar surface area (TPSA) is 72.7 Å². The van der Waals surface area contributed by atoms with Crippen molar-refractivity contribution < 1.29 is 4.79 Å². The van der Waals surface area contributed by atoms with Gasteiger partial charge in [0.1, 0.15) is 5.82 Å². The molecule has 0 unspecified atom stereocenters. The number of carbonyl (C=O) groups is 1. The first-order valence-corrected chi connectivity index (χ1v) is 10.3. The zero-order chi connectivity index (χ0) is 18.4. The van der Waals surface area contributed by atoms with Gasteiger partial charge < -0.3 is 9.88 Å². The van der Waals surface area contributed by atoms with Crippen molar-refractivity contribution in [3.05, 3.63) is 53.3 Å². The Labute approximate surface area is 161 Å². The molecule has 1 N–H and O–H groups in total. The van der Waals surface area contributed by atoms with Gasteiger partial charge in [-0.1, -0.05) is 55.9 Å². The number of nitrogens with zero attached hydrogens (tertiary/aromatic N) is 4. The number of hydrogen-bond acceptors (Lipinski definition) is 6. The Morgan fingerprint density at radius 1 is 1.27 bits per heavy atom. The molecular weight excluding hydrogens is 366 g/mol. The summed E-state index contributed by atoms with van der Waals surface area (Å²) in [5.74, 6) is 1.58. The summed E-state index contributed by atoms with van der Waals surface area (Å²) in [7, 11) is 0. The van der Waals surface area contributed by atoms with Crippen molar-refractivity contribution in [2.45, 2.75) is 32.0 Å². The molecule has 0 fully saturated rings. The van der Waals surface area contributed by atoms with Crippen LogP contribution < -0.4 is 5.32 Å². The molecule has 0 radical (unpaired) electrons. The second-order valence-electron chi connectivity index (χ2n) is 6.24. The molecule has 3 aromatic rings. The highest BCUT2D eigenvalue weighted by atomic mass is 32.2. The summed E-state index contributed by atoms with van der Waals surface area (Å²) < 4.78 is 2.12. The number of hydrogen-bond donors (Lipinski definition) is 1. The molecule has 6 nitrogen and oxygen atoms in total. The van der Waals surface area contributed by atoms with E-state index < -0.39 is 0 Å². The highest BCUT2D eigenvalue weighted by Crippen LogP contribution is 2.21. The third kappa shape index (κ3) is 5.15. The molecule has 0 aliphatic carbocycles. The lowest BCUT2D eigenvalue weighted by Crippen LogP contribution is -2.15. The Bertz CT molecular complexity index is 831. The molecular formula is C18H21N5OS2. The molecule has 0 saturated heterocycles. The predicted molar refractivity (Wildman–Crippen MR) is 106 cm³/mol. The van der Waals surface area contributed by atoms with Crippen molar-refractivity contribution in [2.24, 2.45) is 5.92 Å². The minimum atomic E-state index is -0.0892. The largest absolute Gasteiger partial charge is 0.305 e. The SMILES string of the molecule is CC(C)Cn1c(Cc2ccccc2)nnc1SCC(=O)Nc1nccs1. The van der Waals surface area contributed by atoms with Crippen LogP contribution in [-0.2, 0) is 17.8 Å². The molecule has 0 bridgehead atoms. The number of nitrogens with one attached hydrogen (secondary N) is 1. The van der Waals surface area contributed by atoms with Crippen molar-refractivity contribution >= 4 is 34.1 Å². The predicted octanol–water partition coefficient (Wildman–Crippen LogP) is 3.71. The van der Waals surface area contributed by atoms with E-state index in [1.54, 1.807) is 6.20 Å². The van der Waals surface area contributed by atoms with Crippen LogP contribution in [0.1, 0.15) is 25.2 Å². The van der Waals surface area contributed by atoms with Gasteiger partial charge in [0.15, 0.2) is 10.3 Å². The molecule has 0 aliphatic heterocycles. The van der Waals surface area contributed by atoms with E-state index in [1.807, 2.05) is 23.6 Å². The number of thioether (sulfide) groups is 1. The summed E-state index contributed by atoms with van der Waals surface area (Å²) >= 11 is 2.81. The van der Waals surface area contributed by atoms with E-state index in [4.69, 9.17) is 0 Å². The Kier molecular flexibility index (Phi) is 6.40. The molecule has 0 saturated carbocycles. The van der Waals surface area contributed by atoms with Crippen LogP contribution in [0.25, 0.3) is 0 Å². The molecule has 0 spiro atoms. The Morgan fingerprint density at radius 2 is 2.08 bits per heavy atom. The van der Waals surface area contributed by atoms with E-state index >= 15 is 0 Å². The van der Waals surface area contributed by atoms with Crippen LogP contribution >= 0.6 is 23.1 Å². The molecule has 1 amide bonds. The first-order chi connectivity index (χ1) is 12.6. The number of carbonyl (C=O) groups excluding carboxylic acids is 1. The maximum absolute atomic E-state index is 12.1. The third-order valence-corrected chi connectivity index (χ3v) is 5.21. The average Bonchev–Trinajstić information content (AvgIpc) is 3.25. The smallest absolute Gasteiger partial charge is 0.236 e. The Hall–Kier alpha value is -2.19. The van der Waals surface area contributed by atoms with Crippen molar-refractivity contribution in [2.75, 3.05) is 11.1 Å². The van der Waals surface area contributed by atoms with Crippen LogP contribution in [0.4, 0.5) is 5.13 Å². The maximum Gasteiger partial charge on any atom is 0.236 e. The van der Waals surface area contributed by atoms with E-state index in [0.717, 1.165) is 23.9 Å². The molecule has 1 aromatic carbocycles. The third-order valence-electron chi connectivity index (χ3n) is 3.56. The fourth-order valence-corrected chi connectivity index (χ4v) is 3.77. The molecule has 136 valence electrons. The Morgan fingerprint density at radius 3 is 2.77 bits per heavy atom. The van der Waals surface area contributed by atoms with E-state index in [1.165, 1.54) is 28.7 Å². The second kappa shape index (κ2) is 8.95. The average molecular weight is 388 g/mol. The number of rotatable bonds is 8. The lowest BCUT2D eigenvalue weighted by atomic mass is 10.1. The van der Waals surface area contributed by atoms with Gasteiger partial charge in [0, 0.05) is 24.5 Å². The minimum absolute atomic E-state index is 0.0892. The standard InChI is InChI=1S/C18H21N5OS2/c1-13(2)11-23-15(10-14-6-4-3-5-7-14)21-22-18(23)26-12-16(24)20-17-19-8-9-25-17/h3-9,13H,10-12H2,1-2H3,(H,19,20,24). The highest BCUT2D eigenvalue weighted by Gasteiger charge is 2.16. The van der Waals surface area contributed by atoms with E-state index in [9.17, 15) is 4.79 Å².